The van der Waals surface area contributed by atoms with Crippen molar-refractivity contribution >= 4 is 0 Å². The first kappa shape index (κ1) is 7.98. The largest absolute Gasteiger partial charge is 0.390 e. The fourth-order valence-electron chi connectivity index (χ4n) is 1.33. The van der Waals surface area contributed by atoms with Crippen molar-refractivity contribution in [3.63, 3.8) is 0 Å². The van der Waals surface area contributed by atoms with Crippen LogP contribution in [0.3, 0.4) is 0 Å². The number of nitrogens with one attached hydrogen (secondary N) is 1. The predicted molar refractivity (Wildman–Crippen MR) is 40.1 cm³/mol. The number of nitrogens with two attached hydrogens (primary N) is 1. The van der Waals surface area contributed by atoms with Gasteiger partial charge in [-0.05, 0) is 32.6 Å². The van der Waals surface area contributed by atoms with Crippen LogP contribution in [0, 0.1) is 5.92 Å². The lowest BCUT2D eigenvalue weighted by Crippen LogP contribution is -2.51. The van der Waals surface area contributed by atoms with Crippen LogP contribution in [0.25, 0.3) is 0 Å². The fourth-order valence-corrected chi connectivity index (χ4v) is 1.33. The standard InChI is InChI=1S/C7H16N2O/c1-7(2,10)5-3-6(4-5)9-8/h5-6,9-10H,3-4,8H2,1-2H3. The lowest BCUT2D eigenvalue weighted by molar-refractivity contribution is -0.0318. The van der Waals surface area contributed by atoms with E-state index in [1.807, 2.05) is 13.8 Å². The zero-order valence-electron chi connectivity index (χ0n) is 6.59. The second kappa shape index (κ2) is 2.49. The van der Waals surface area contributed by atoms with E-state index >= 15 is 0 Å². The number of rotatable bonds is 2. The number of hydrogen-bond donors (Lipinski definition) is 3. The normalized spacial score (nSPS) is 33.6. The van der Waals surface area contributed by atoms with Crippen molar-refractivity contribution in [2.75, 3.05) is 0 Å². The molecule has 0 aliphatic heterocycles. The van der Waals surface area contributed by atoms with Crippen molar-refractivity contribution in [2.24, 2.45) is 11.8 Å². The van der Waals surface area contributed by atoms with Crippen molar-refractivity contribution in [2.45, 2.75) is 38.3 Å². The number of hydrogen-bond acceptors (Lipinski definition) is 3. The van der Waals surface area contributed by atoms with Crippen LogP contribution in [0.4, 0.5) is 0 Å². The summed E-state index contributed by atoms with van der Waals surface area (Å²) in [4.78, 5) is 0. The van der Waals surface area contributed by atoms with Gasteiger partial charge in [-0.1, -0.05) is 0 Å². The van der Waals surface area contributed by atoms with Crippen LogP contribution in [-0.2, 0) is 0 Å². The van der Waals surface area contributed by atoms with Crippen molar-refractivity contribution in [1.82, 2.24) is 5.43 Å². The molecule has 1 aliphatic rings. The van der Waals surface area contributed by atoms with E-state index in [0.717, 1.165) is 12.8 Å². The highest BCUT2D eigenvalue weighted by Gasteiger charge is 2.37. The number of hydrazine groups is 1. The Hall–Kier alpha value is -0.120. The van der Waals surface area contributed by atoms with Gasteiger partial charge in [0, 0.05) is 6.04 Å². The van der Waals surface area contributed by atoms with E-state index in [2.05, 4.69) is 5.43 Å². The molecule has 3 nitrogen and oxygen atoms in total. The molecule has 60 valence electrons. The predicted octanol–water partition coefficient (Wildman–Crippen LogP) is -0.000800. The van der Waals surface area contributed by atoms with Crippen LogP contribution < -0.4 is 11.3 Å². The third-order valence-electron chi connectivity index (χ3n) is 2.37. The van der Waals surface area contributed by atoms with Gasteiger partial charge in [0.25, 0.3) is 0 Å². The Morgan fingerprint density at radius 2 is 2.00 bits per heavy atom. The van der Waals surface area contributed by atoms with Crippen LogP contribution in [0.15, 0.2) is 0 Å². The molecule has 0 aromatic rings. The first-order valence-electron chi connectivity index (χ1n) is 3.72. The Morgan fingerprint density at radius 1 is 1.50 bits per heavy atom. The summed E-state index contributed by atoms with van der Waals surface area (Å²) in [7, 11) is 0. The Bertz CT molecular complexity index is 113. The molecule has 4 N–H and O–H groups in total. The maximum absolute atomic E-state index is 9.48. The first-order chi connectivity index (χ1) is 4.54. The average molecular weight is 144 g/mol. The van der Waals surface area contributed by atoms with E-state index in [4.69, 9.17) is 5.84 Å². The van der Waals surface area contributed by atoms with Gasteiger partial charge in [-0.2, -0.15) is 0 Å². The molecule has 0 heterocycles. The highest BCUT2D eigenvalue weighted by Crippen LogP contribution is 2.35. The van der Waals surface area contributed by atoms with E-state index < -0.39 is 5.60 Å². The molecule has 10 heavy (non-hydrogen) atoms. The van der Waals surface area contributed by atoms with E-state index in [-0.39, 0.29) is 0 Å². The second-order valence-electron chi connectivity index (χ2n) is 3.69. The molecule has 0 amide bonds. The van der Waals surface area contributed by atoms with Gasteiger partial charge >= 0.3 is 0 Å². The summed E-state index contributed by atoms with van der Waals surface area (Å²) in [5.41, 5.74) is 2.17. The fraction of sp³-hybridized carbons (Fsp3) is 1.00. The van der Waals surface area contributed by atoms with Gasteiger partial charge in [0.15, 0.2) is 0 Å². The quantitative estimate of drug-likeness (QED) is 0.377. The topological polar surface area (TPSA) is 58.3 Å². The summed E-state index contributed by atoms with van der Waals surface area (Å²) in [6.45, 7) is 3.70. The molecule has 0 unspecified atom stereocenters. The third kappa shape index (κ3) is 1.48. The van der Waals surface area contributed by atoms with E-state index in [1.54, 1.807) is 0 Å². The number of aliphatic hydroxyl groups is 1. The van der Waals surface area contributed by atoms with Crippen LogP contribution in [0.1, 0.15) is 26.7 Å². The Morgan fingerprint density at radius 3 is 2.30 bits per heavy atom. The maximum Gasteiger partial charge on any atom is 0.0620 e. The lowest BCUT2D eigenvalue weighted by Gasteiger charge is -2.42. The Kier molecular flexibility index (Phi) is 1.99. The van der Waals surface area contributed by atoms with Gasteiger partial charge in [0.1, 0.15) is 0 Å². The summed E-state index contributed by atoms with van der Waals surface area (Å²) >= 11 is 0. The highest BCUT2D eigenvalue weighted by atomic mass is 16.3. The zero-order valence-corrected chi connectivity index (χ0v) is 6.59. The molecule has 0 aromatic heterocycles. The third-order valence-corrected chi connectivity index (χ3v) is 2.37. The molecule has 1 saturated carbocycles. The lowest BCUT2D eigenvalue weighted by atomic mass is 9.71. The van der Waals surface area contributed by atoms with Crippen LogP contribution in [0.5, 0.6) is 0 Å². The minimum atomic E-state index is -0.520. The van der Waals surface area contributed by atoms with Gasteiger partial charge in [-0.3, -0.25) is 11.3 Å². The van der Waals surface area contributed by atoms with E-state index in [9.17, 15) is 5.11 Å². The monoisotopic (exact) mass is 144 g/mol. The summed E-state index contributed by atoms with van der Waals surface area (Å²) in [5.74, 6) is 5.63. The summed E-state index contributed by atoms with van der Waals surface area (Å²) in [5, 5.41) is 9.48. The summed E-state index contributed by atoms with van der Waals surface area (Å²) in [6, 6.07) is 0.427. The molecule has 0 atom stereocenters. The van der Waals surface area contributed by atoms with Crippen molar-refractivity contribution < 1.29 is 5.11 Å². The average Bonchev–Trinajstić information content (AvgIpc) is 1.57. The maximum atomic E-state index is 9.48. The second-order valence-corrected chi connectivity index (χ2v) is 3.69. The SMILES string of the molecule is CC(C)(O)C1CC(NN)C1. The van der Waals surface area contributed by atoms with Gasteiger partial charge in [0.2, 0.25) is 0 Å². The van der Waals surface area contributed by atoms with E-state index in [1.165, 1.54) is 0 Å². The molecular formula is C7H16N2O. The summed E-state index contributed by atoms with van der Waals surface area (Å²) in [6.07, 6.45) is 2.00. The highest BCUT2D eigenvalue weighted by molar-refractivity contribution is 4.92. The minimum Gasteiger partial charge on any atom is -0.390 e. The molecule has 0 spiro atoms. The molecule has 0 bridgehead atoms. The van der Waals surface area contributed by atoms with Crippen LogP contribution >= 0.6 is 0 Å². The molecule has 0 saturated heterocycles. The first-order valence-corrected chi connectivity index (χ1v) is 3.72. The van der Waals surface area contributed by atoms with Crippen LogP contribution in [-0.4, -0.2) is 16.7 Å². The van der Waals surface area contributed by atoms with Crippen molar-refractivity contribution in [1.29, 1.82) is 0 Å². The van der Waals surface area contributed by atoms with Crippen LogP contribution in [0.2, 0.25) is 0 Å². The Labute approximate surface area is 61.6 Å². The van der Waals surface area contributed by atoms with Gasteiger partial charge < -0.3 is 5.11 Å². The smallest absolute Gasteiger partial charge is 0.0620 e. The van der Waals surface area contributed by atoms with Crippen molar-refractivity contribution in [3.8, 4) is 0 Å². The molecule has 1 fully saturated rings. The molecule has 0 aromatic carbocycles. The van der Waals surface area contributed by atoms with E-state index in [0.29, 0.717) is 12.0 Å². The minimum absolute atomic E-state index is 0.425. The molecule has 3 heteroatoms. The summed E-state index contributed by atoms with van der Waals surface area (Å²) < 4.78 is 0. The molecule has 1 rings (SSSR count). The molecule has 1 aliphatic carbocycles. The van der Waals surface area contributed by atoms with Gasteiger partial charge in [-0.15, -0.1) is 0 Å². The molecular weight excluding hydrogens is 128 g/mol. The van der Waals surface area contributed by atoms with Gasteiger partial charge in [-0.25, -0.2) is 0 Å². The molecule has 0 radical (unpaired) electrons. The van der Waals surface area contributed by atoms with Crippen molar-refractivity contribution in [3.05, 3.63) is 0 Å². The Balaban J connectivity index is 2.26. The zero-order chi connectivity index (χ0) is 7.78. The van der Waals surface area contributed by atoms with Gasteiger partial charge in [0.05, 0.1) is 5.60 Å².